The molecule has 0 aromatic heterocycles. The summed E-state index contributed by atoms with van der Waals surface area (Å²) in [4.78, 5) is 0. The zero-order valence-electron chi connectivity index (χ0n) is 17.5. The standard InChI is InChI=1S/C25H38/c1-8-13-21(7)25(12-5,19-20(6)18-22(9-2)10-3)24-16-14-23(11-4)15-17-24/h8-9,13-18,21H,10-12,19H2,1-7H3. The van der Waals surface area contributed by atoms with Crippen LogP contribution in [0.25, 0.3) is 0 Å². The van der Waals surface area contributed by atoms with Gasteiger partial charge >= 0.3 is 0 Å². The summed E-state index contributed by atoms with van der Waals surface area (Å²) in [7, 11) is 0. The largest absolute Gasteiger partial charge is 0.0914 e. The van der Waals surface area contributed by atoms with Gasteiger partial charge in [0.15, 0.2) is 0 Å². The van der Waals surface area contributed by atoms with Crippen molar-refractivity contribution in [1.82, 2.24) is 0 Å². The Labute approximate surface area is 156 Å². The van der Waals surface area contributed by atoms with Crippen LogP contribution >= 0.6 is 0 Å². The third-order valence-corrected chi connectivity index (χ3v) is 5.73. The molecular weight excluding hydrogens is 300 g/mol. The Balaban J connectivity index is 3.35. The van der Waals surface area contributed by atoms with Crippen LogP contribution in [0.5, 0.6) is 0 Å². The lowest BCUT2D eigenvalue weighted by molar-refractivity contribution is 0.319. The molecule has 2 unspecified atom stereocenters. The average Bonchev–Trinajstić information content (AvgIpc) is 2.64. The molecule has 0 spiro atoms. The normalized spacial score (nSPS) is 16.9. The van der Waals surface area contributed by atoms with Crippen molar-refractivity contribution in [3.8, 4) is 0 Å². The third kappa shape index (κ3) is 5.46. The number of hydrogen-bond donors (Lipinski definition) is 0. The second-order valence-electron chi connectivity index (χ2n) is 7.26. The predicted octanol–water partition coefficient (Wildman–Crippen LogP) is 7.80. The van der Waals surface area contributed by atoms with E-state index in [0.29, 0.717) is 5.92 Å². The predicted molar refractivity (Wildman–Crippen MR) is 114 cm³/mol. The maximum atomic E-state index is 2.40. The minimum absolute atomic E-state index is 0.159. The van der Waals surface area contributed by atoms with Crippen molar-refractivity contribution in [3.05, 3.63) is 70.8 Å². The van der Waals surface area contributed by atoms with Crippen molar-refractivity contribution >= 4 is 0 Å². The molecule has 0 saturated heterocycles. The zero-order chi connectivity index (χ0) is 18.9. The molecule has 138 valence electrons. The lowest BCUT2D eigenvalue weighted by atomic mass is 9.65. The minimum atomic E-state index is 0.159. The van der Waals surface area contributed by atoms with E-state index in [4.69, 9.17) is 0 Å². The summed E-state index contributed by atoms with van der Waals surface area (Å²) in [5.74, 6) is 0.508. The molecule has 25 heavy (non-hydrogen) atoms. The van der Waals surface area contributed by atoms with E-state index in [1.54, 1.807) is 0 Å². The van der Waals surface area contributed by atoms with E-state index in [-0.39, 0.29) is 5.41 Å². The van der Waals surface area contributed by atoms with Crippen LogP contribution in [0.2, 0.25) is 0 Å². The van der Waals surface area contributed by atoms with Gasteiger partial charge in [0.05, 0.1) is 0 Å². The van der Waals surface area contributed by atoms with Crippen LogP contribution in [-0.2, 0) is 11.8 Å². The minimum Gasteiger partial charge on any atom is -0.0914 e. The van der Waals surface area contributed by atoms with E-state index < -0.39 is 0 Å². The number of rotatable bonds is 9. The molecule has 0 radical (unpaired) electrons. The summed E-state index contributed by atoms with van der Waals surface area (Å²) >= 11 is 0. The first kappa shape index (κ1) is 21.5. The quantitative estimate of drug-likeness (QED) is 0.318. The maximum Gasteiger partial charge on any atom is 0.00475 e. The SMILES string of the molecule is CC=CC(C)C(CC)(CC(C)=CC(=CC)CC)c1ccc(CC)cc1. The molecule has 0 N–H and O–H groups in total. The molecule has 0 bridgehead atoms. The van der Waals surface area contributed by atoms with Crippen molar-refractivity contribution in [2.45, 2.75) is 79.6 Å². The van der Waals surface area contributed by atoms with E-state index in [1.807, 2.05) is 0 Å². The monoisotopic (exact) mass is 338 g/mol. The Bertz CT molecular complexity index is 597. The van der Waals surface area contributed by atoms with Gasteiger partial charge in [-0.25, -0.2) is 0 Å². The average molecular weight is 339 g/mol. The summed E-state index contributed by atoms with van der Waals surface area (Å²) < 4.78 is 0. The van der Waals surface area contributed by atoms with Crippen molar-refractivity contribution in [2.75, 3.05) is 0 Å². The first-order valence-electron chi connectivity index (χ1n) is 10.0. The number of allylic oxidation sites excluding steroid dienone is 6. The Morgan fingerprint density at radius 1 is 1.08 bits per heavy atom. The second-order valence-corrected chi connectivity index (χ2v) is 7.26. The fourth-order valence-electron chi connectivity index (χ4n) is 3.98. The summed E-state index contributed by atoms with van der Waals surface area (Å²) in [6.07, 6.45) is 13.7. The molecule has 1 rings (SSSR count). The Hall–Kier alpha value is -1.56. The molecule has 1 aromatic carbocycles. The third-order valence-electron chi connectivity index (χ3n) is 5.73. The number of hydrogen-bond acceptors (Lipinski definition) is 0. The fourth-order valence-corrected chi connectivity index (χ4v) is 3.98. The van der Waals surface area contributed by atoms with E-state index in [9.17, 15) is 0 Å². The first-order valence-corrected chi connectivity index (χ1v) is 10.0. The van der Waals surface area contributed by atoms with Crippen LogP contribution in [0.3, 0.4) is 0 Å². The van der Waals surface area contributed by atoms with Gasteiger partial charge in [-0.05, 0) is 63.5 Å². The molecule has 0 aliphatic heterocycles. The summed E-state index contributed by atoms with van der Waals surface area (Å²) in [6, 6.07) is 9.35. The second kappa shape index (κ2) is 10.4. The van der Waals surface area contributed by atoms with Gasteiger partial charge in [-0.3, -0.25) is 0 Å². The van der Waals surface area contributed by atoms with E-state index >= 15 is 0 Å². The molecule has 0 saturated carbocycles. The van der Waals surface area contributed by atoms with Crippen LogP contribution in [0.1, 0.15) is 78.9 Å². The van der Waals surface area contributed by atoms with Crippen LogP contribution in [0.4, 0.5) is 0 Å². The van der Waals surface area contributed by atoms with Gasteiger partial charge < -0.3 is 0 Å². The summed E-state index contributed by atoms with van der Waals surface area (Å²) in [5.41, 5.74) is 5.97. The molecule has 0 aliphatic rings. The van der Waals surface area contributed by atoms with Crippen LogP contribution < -0.4 is 0 Å². The maximum absolute atomic E-state index is 2.40. The van der Waals surface area contributed by atoms with E-state index in [2.05, 4.69) is 97.0 Å². The van der Waals surface area contributed by atoms with Crippen LogP contribution in [-0.4, -0.2) is 0 Å². The van der Waals surface area contributed by atoms with Gasteiger partial charge in [0, 0.05) is 5.41 Å². The lowest BCUT2D eigenvalue weighted by Gasteiger charge is -2.39. The van der Waals surface area contributed by atoms with E-state index in [0.717, 1.165) is 25.7 Å². The van der Waals surface area contributed by atoms with Crippen molar-refractivity contribution in [3.63, 3.8) is 0 Å². The molecule has 0 heterocycles. The highest BCUT2D eigenvalue weighted by Crippen LogP contribution is 2.42. The van der Waals surface area contributed by atoms with E-state index in [1.165, 1.54) is 22.3 Å². The molecule has 0 nitrogen and oxygen atoms in total. The lowest BCUT2D eigenvalue weighted by Crippen LogP contribution is -2.32. The van der Waals surface area contributed by atoms with Crippen molar-refractivity contribution in [2.24, 2.45) is 5.92 Å². The Kier molecular flexibility index (Phi) is 8.97. The molecule has 0 fully saturated rings. The highest BCUT2D eigenvalue weighted by Gasteiger charge is 2.35. The van der Waals surface area contributed by atoms with Gasteiger partial charge in [-0.2, -0.15) is 0 Å². The molecule has 0 amide bonds. The zero-order valence-corrected chi connectivity index (χ0v) is 17.5. The molecule has 0 aliphatic carbocycles. The topological polar surface area (TPSA) is 0 Å². The van der Waals surface area contributed by atoms with Crippen molar-refractivity contribution < 1.29 is 0 Å². The highest BCUT2D eigenvalue weighted by molar-refractivity contribution is 5.34. The summed E-state index contributed by atoms with van der Waals surface area (Å²) in [6.45, 7) is 15.7. The number of benzene rings is 1. The Morgan fingerprint density at radius 3 is 2.16 bits per heavy atom. The first-order chi connectivity index (χ1) is 12.0. The molecule has 0 heteroatoms. The van der Waals surface area contributed by atoms with Gasteiger partial charge in [0.2, 0.25) is 0 Å². The van der Waals surface area contributed by atoms with Crippen LogP contribution in [0.15, 0.2) is 59.7 Å². The molecular formula is C25H38. The molecule has 2 atom stereocenters. The van der Waals surface area contributed by atoms with Gasteiger partial charge in [0.25, 0.3) is 0 Å². The fraction of sp³-hybridized carbons (Fsp3) is 0.520. The number of aryl methyl sites for hydroxylation is 1. The van der Waals surface area contributed by atoms with Gasteiger partial charge in [-0.15, -0.1) is 0 Å². The molecule has 1 aromatic rings. The Morgan fingerprint density at radius 2 is 1.72 bits per heavy atom. The van der Waals surface area contributed by atoms with Crippen LogP contribution in [0, 0.1) is 5.92 Å². The van der Waals surface area contributed by atoms with Gasteiger partial charge in [-0.1, -0.05) is 87.4 Å². The van der Waals surface area contributed by atoms with Gasteiger partial charge in [0.1, 0.15) is 0 Å². The smallest absolute Gasteiger partial charge is 0.00475 e. The highest BCUT2D eigenvalue weighted by atomic mass is 14.4. The van der Waals surface area contributed by atoms with Crippen molar-refractivity contribution in [1.29, 1.82) is 0 Å². The summed E-state index contributed by atoms with van der Waals surface area (Å²) in [5, 5.41) is 0.